The van der Waals surface area contributed by atoms with Crippen LogP contribution in [0.5, 0.6) is 0 Å². The summed E-state index contributed by atoms with van der Waals surface area (Å²) in [6, 6.07) is 0. The van der Waals surface area contributed by atoms with Crippen LogP contribution in [0, 0.1) is 5.51 Å². The van der Waals surface area contributed by atoms with Crippen molar-refractivity contribution in [1.29, 1.82) is 0 Å². The molecule has 0 fully saturated rings. The zero-order valence-corrected chi connectivity index (χ0v) is 7.90. The summed E-state index contributed by atoms with van der Waals surface area (Å²) in [5.74, 6) is -0.341. The maximum absolute atomic E-state index is 11.2. The third kappa shape index (κ3) is 1.82. The quantitative estimate of drug-likeness (QED) is 0.671. The van der Waals surface area contributed by atoms with Crippen molar-refractivity contribution in [1.82, 2.24) is 4.98 Å². The van der Waals surface area contributed by atoms with Gasteiger partial charge in [0, 0.05) is 4.88 Å². The second-order valence-corrected chi connectivity index (χ2v) is 3.03. The summed E-state index contributed by atoms with van der Waals surface area (Å²) in [4.78, 5) is 16.0. The van der Waals surface area contributed by atoms with Gasteiger partial charge in [0.25, 0.3) is 0 Å². The van der Waals surface area contributed by atoms with Crippen LogP contribution in [0.3, 0.4) is 0 Å². The van der Waals surface area contributed by atoms with E-state index in [1.807, 2.05) is 6.92 Å². The fraction of sp³-hybridized carbons (Fsp3) is 0.500. The number of thiazole rings is 1. The maximum atomic E-state index is 11.2. The first-order chi connectivity index (χ1) is 5.79. The number of carbonyl (C=O) groups excluding carboxylic acids is 1. The number of hydrogen-bond donors (Lipinski definition) is 0. The molecule has 1 heterocycles. The second-order valence-electron chi connectivity index (χ2n) is 2.15. The Bertz CT molecular complexity index is 270. The summed E-state index contributed by atoms with van der Waals surface area (Å²) in [5.41, 5.74) is 3.10. The van der Waals surface area contributed by atoms with Crippen molar-refractivity contribution in [2.75, 3.05) is 6.61 Å². The molecule has 0 saturated heterocycles. The summed E-state index contributed by atoms with van der Waals surface area (Å²) in [6.07, 6.45) is 0.801. The van der Waals surface area contributed by atoms with Crippen molar-refractivity contribution in [3.8, 4) is 0 Å². The van der Waals surface area contributed by atoms with E-state index in [-0.39, 0.29) is 5.97 Å². The molecule has 0 bridgehead atoms. The van der Waals surface area contributed by atoms with Gasteiger partial charge in [-0.2, -0.15) is 0 Å². The largest absolute Gasteiger partial charge is 0.461 e. The lowest BCUT2D eigenvalue weighted by molar-refractivity contribution is 0.0519. The molecule has 0 atom stereocenters. The Hall–Kier alpha value is -0.900. The monoisotopic (exact) mass is 184 g/mol. The number of aryl methyl sites for hydroxylation is 1. The molecule has 0 spiro atoms. The normalized spacial score (nSPS) is 9.83. The number of carbonyl (C=O) groups is 1. The Kier molecular flexibility index (Phi) is 3.22. The zero-order valence-electron chi connectivity index (χ0n) is 7.09. The van der Waals surface area contributed by atoms with Crippen LogP contribution in [0.15, 0.2) is 0 Å². The predicted octanol–water partition coefficient (Wildman–Crippen LogP) is 1.68. The Morgan fingerprint density at radius 2 is 2.42 bits per heavy atom. The number of esters is 1. The molecule has 4 heteroatoms. The van der Waals surface area contributed by atoms with E-state index in [2.05, 4.69) is 10.5 Å². The van der Waals surface area contributed by atoms with Gasteiger partial charge in [0.2, 0.25) is 0 Å². The van der Waals surface area contributed by atoms with Gasteiger partial charge in [-0.1, -0.05) is 6.92 Å². The Morgan fingerprint density at radius 3 is 3.00 bits per heavy atom. The molecule has 1 radical (unpaired) electrons. The number of rotatable bonds is 3. The summed E-state index contributed by atoms with van der Waals surface area (Å²) >= 11 is 1.37. The van der Waals surface area contributed by atoms with E-state index in [0.29, 0.717) is 12.3 Å². The van der Waals surface area contributed by atoms with Crippen LogP contribution in [0.1, 0.15) is 29.2 Å². The van der Waals surface area contributed by atoms with Crippen molar-refractivity contribution >= 4 is 17.3 Å². The average molecular weight is 184 g/mol. The van der Waals surface area contributed by atoms with Gasteiger partial charge in [0.05, 0.1) is 6.61 Å². The Balaban J connectivity index is 2.79. The Labute approximate surface area is 75.4 Å². The van der Waals surface area contributed by atoms with E-state index in [1.54, 1.807) is 6.92 Å². The smallest absolute Gasteiger partial charge is 0.358 e. The van der Waals surface area contributed by atoms with Gasteiger partial charge in [0.1, 0.15) is 0 Å². The van der Waals surface area contributed by atoms with Crippen molar-refractivity contribution in [2.45, 2.75) is 20.3 Å². The van der Waals surface area contributed by atoms with Crippen LogP contribution in [0.2, 0.25) is 0 Å². The molecule has 0 aliphatic carbocycles. The lowest BCUT2D eigenvalue weighted by atomic mass is 10.3. The Morgan fingerprint density at radius 1 is 1.67 bits per heavy atom. The van der Waals surface area contributed by atoms with Gasteiger partial charge in [-0.25, -0.2) is 9.78 Å². The highest BCUT2D eigenvalue weighted by atomic mass is 32.1. The van der Waals surface area contributed by atoms with Crippen LogP contribution >= 0.6 is 11.3 Å². The topological polar surface area (TPSA) is 39.2 Å². The van der Waals surface area contributed by atoms with Crippen molar-refractivity contribution in [3.63, 3.8) is 0 Å². The molecule has 1 aromatic rings. The second kappa shape index (κ2) is 4.21. The molecular formula is C8H10NO2S. The highest BCUT2D eigenvalue weighted by Crippen LogP contribution is 2.13. The van der Waals surface area contributed by atoms with Gasteiger partial charge < -0.3 is 4.74 Å². The molecule has 1 rings (SSSR count). The van der Waals surface area contributed by atoms with Crippen LogP contribution in [0.4, 0.5) is 0 Å². The first kappa shape index (κ1) is 9.19. The third-order valence-electron chi connectivity index (χ3n) is 1.38. The molecule has 0 N–H and O–H groups in total. The molecule has 0 aromatic carbocycles. The predicted molar refractivity (Wildman–Crippen MR) is 46.3 cm³/mol. The fourth-order valence-electron chi connectivity index (χ4n) is 0.833. The molecule has 12 heavy (non-hydrogen) atoms. The van der Waals surface area contributed by atoms with Crippen molar-refractivity contribution in [2.24, 2.45) is 0 Å². The lowest BCUT2D eigenvalue weighted by Crippen LogP contribution is -2.07. The standard InChI is InChI=1S/C8H10NO2S/c1-3-6-7(9-5-12-6)8(10)11-4-2/h3-4H2,1-2H3. The summed E-state index contributed by atoms with van der Waals surface area (Å²) < 4.78 is 4.81. The highest BCUT2D eigenvalue weighted by molar-refractivity contribution is 7.09. The van der Waals surface area contributed by atoms with E-state index >= 15 is 0 Å². The number of nitrogens with zero attached hydrogens (tertiary/aromatic N) is 1. The summed E-state index contributed by atoms with van der Waals surface area (Å²) in [6.45, 7) is 4.14. The van der Waals surface area contributed by atoms with Crippen molar-refractivity contribution < 1.29 is 9.53 Å². The molecule has 0 aliphatic rings. The van der Waals surface area contributed by atoms with E-state index < -0.39 is 0 Å². The van der Waals surface area contributed by atoms with Gasteiger partial charge in [-0.15, -0.1) is 11.3 Å². The summed E-state index contributed by atoms with van der Waals surface area (Å²) in [7, 11) is 0. The minimum absolute atomic E-state index is 0.341. The van der Waals surface area contributed by atoms with Crippen LogP contribution < -0.4 is 0 Å². The van der Waals surface area contributed by atoms with E-state index in [9.17, 15) is 4.79 Å². The van der Waals surface area contributed by atoms with Gasteiger partial charge in [0.15, 0.2) is 11.2 Å². The minimum Gasteiger partial charge on any atom is -0.461 e. The molecule has 3 nitrogen and oxygen atoms in total. The molecule has 0 aliphatic heterocycles. The highest BCUT2D eigenvalue weighted by Gasteiger charge is 2.14. The molecule has 0 unspecified atom stereocenters. The van der Waals surface area contributed by atoms with E-state index in [1.165, 1.54) is 11.3 Å². The van der Waals surface area contributed by atoms with E-state index in [0.717, 1.165) is 11.3 Å². The summed E-state index contributed by atoms with van der Waals surface area (Å²) in [5, 5.41) is 0. The van der Waals surface area contributed by atoms with Gasteiger partial charge in [-0.3, -0.25) is 0 Å². The molecule has 0 amide bonds. The minimum atomic E-state index is -0.341. The fourth-order valence-corrected chi connectivity index (χ4v) is 1.45. The lowest BCUT2D eigenvalue weighted by Gasteiger charge is -1.98. The van der Waals surface area contributed by atoms with Crippen molar-refractivity contribution in [3.05, 3.63) is 16.1 Å². The zero-order chi connectivity index (χ0) is 8.97. The third-order valence-corrected chi connectivity index (χ3v) is 2.29. The van der Waals surface area contributed by atoms with Gasteiger partial charge in [-0.05, 0) is 13.3 Å². The number of aromatic nitrogens is 1. The van der Waals surface area contributed by atoms with Crippen LogP contribution in [-0.2, 0) is 11.2 Å². The SMILES string of the molecule is CCOC(=O)c1n[c]sc1CC. The molecular weight excluding hydrogens is 174 g/mol. The molecule has 1 aromatic heterocycles. The van der Waals surface area contributed by atoms with Crippen LogP contribution in [-0.4, -0.2) is 17.6 Å². The number of ether oxygens (including phenoxy) is 1. The van der Waals surface area contributed by atoms with Gasteiger partial charge >= 0.3 is 5.97 Å². The first-order valence-corrected chi connectivity index (χ1v) is 4.64. The first-order valence-electron chi connectivity index (χ1n) is 3.82. The maximum Gasteiger partial charge on any atom is 0.358 e. The molecule has 65 valence electrons. The molecule has 0 saturated carbocycles. The number of hydrogen-bond acceptors (Lipinski definition) is 4. The average Bonchev–Trinajstić information content (AvgIpc) is 2.51. The van der Waals surface area contributed by atoms with Crippen LogP contribution in [0.25, 0.3) is 0 Å². The van der Waals surface area contributed by atoms with E-state index in [4.69, 9.17) is 4.74 Å².